The van der Waals surface area contributed by atoms with Gasteiger partial charge in [-0.05, 0) is 30.5 Å². The van der Waals surface area contributed by atoms with Crippen LogP contribution < -0.4 is 4.43 Å². The number of hydrogen-bond donors (Lipinski definition) is 0. The molecule has 219 valence electrons. The van der Waals surface area contributed by atoms with Gasteiger partial charge in [-0.15, -0.1) is 0 Å². The predicted octanol–water partition coefficient (Wildman–Crippen LogP) is 11.2. The Balaban J connectivity index is 2.06. The van der Waals surface area contributed by atoms with Gasteiger partial charge in [-0.3, -0.25) is 0 Å². The van der Waals surface area contributed by atoms with Crippen LogP contribution in [0.25, 0.3) is 10.8 Å². The molecule has 0 bridgehead atoms. The van der Waals surface area contributed by atoms with Gasteiger partial charge in [-0.2, -0.15) is 4.39 Å². The lowest BCUT2D eigenvalue weighted by Crippen LogP contribution is -2.49. The minimum Gasteiger partial charge on any atom is -0.539 e. The lowest BCUT2D eigenvalue weighted by molar-refractivity contribution is 0.383. The van der Waals surface area contributed by atoms with Crippen LogP contribution in [0.15, 0.2) is 0 Å². The highest BCUT2D eigenvalue weighted by molar-refractivity contribution is 6.81. The van der Waals surface area contributed by atoms with Gasteiger partial charge in [0.15, 0.2) is 29.0 Å². The molecule has 0 heterocycles. The number of unbranched alkanes of at least 4 members (excludes halogenated alkanes) is 6. The summed E-state index contributed by atoms with van der Waals surface area (Å²) in [5.74, 6) is -11.3. The van der Waals surface area contributed by atoms with Crippen LogP contribution in [0.4, 0.5) is 26.3 Å². The number of halogens is 6. The van der Waals surface area contributed by atoms with E-state index in [2.05, 4.69) is 26.6 Å². The zero-order valence-electron chi connectivity index (χ0n) is 23.9. The maximum absolute atomic E-state index is 15.8. The first kappa shape index (κ1) is 32.0. The first-order valence-electron chi connectivity index (χ1n) is 14.7. The van der Waals surface area contributed by atoms with Crippen molar-refractivity contribution in [2.24, 2.45) is 0 Å². The molecule has 1 aliphatic rings. The van der Waals surface area contributed by atoms with Gasteiger partial charge < -0.3 is 4.43 Å². The highest BCUT2D eigenvalue weighted by Gasteiger charge is 2.47. The van der Waals surface area contributed by atoms with E-state index in [1.54, 1.807) is 0 Å². The fourth-order valence-electron chi connectivity index (χ4n) is 5.98. The molecule has 3 rings (SSSR count). The van der Waals surface area contributed by atoms with Gasteiger partial charge in [-0.25, -0.2) is 22.0 Å². The Morgan fingerprint density at radius 2 is 1.28 bits per heavy atom. The molecule has 1 nitrogen and oxygen atoms in total. The van der Waals surface area contributed by atoms with Crippen LogP contribution in [-0.2, 0) is 0 Å². The van der Waals surface area contributed by atoms with E-state index in [0.717, 1.165) is 70.3 Å². The smallest absolute Gasteiger partial charge is 0.254 e. The maximum Gasteiger partial charge on any atom is 0.254 e. The Bertz CT molecular complexity index is 1110. The molecule has 1 unspecified atom stereocenters. The Hall–Kier alpha value is -1.49. The van der Waals surface area contributed by atoms with Crippen LogP contribution in [0.5, 0.6) is 5.75 Å². The van der Waals surface area contributed by atoms with Crippen molar-refractivity contribution in [1.29, 1.82) is 0 Å². The Labute approximate surface area is 231 Å². The minimum absolute atomic E-state index is 0.127. The summed E-state index contributed by atoms with van der Waals surface area (Å²) in [4.78, 5) is 0. The fourth-order valence-corrected chi connectivity index (χ4v) is 15.0. The van der Waals surface area contributed by atoms with Gasteiger partial charge in [0.1, 0.15) is 5.82 Å². The second kappa shape index (κ2) is 13.9. The zero-order chi connectivity index (χ0) is 28.8. The summed E-state index contributed by atoms with van der Waals surface area (Å²) in [6.45, 7) is 8.86. The van der Waals surface area contributed by atoms with Gasteiger partial charge in [-0.1, -0.05) is 96.8 Å². The van der Waals surface area contributed by atoms with E-state index >= 15 is 13.2 Å². The highest BCUT2D eigenvalue weighted by atomic mass is 28.4. The Morgan fingerprint density at radius 1 is 0.667 bits per heavy atom. The average molecular weight is 590 g/mol. The second-order valence-corrected chi connectivity index (χ2v) is 22.3. The van der Waals surface area contributed by atoms with Crippen LogP contribution in [0.1, 0.15) is 84.0 Å². The molecule has 0 aliphatic heterocycles. The van der Waals surface area contributed by atoms with Crippen molar-refractivity contribution in [1.82, 2.24) is 0 Å². The fraction of sp³-hybridized carbons (Fsp3) is 0.667. The summed E-state index contributed by atoms with van der Waals surface area (Å²) in [6, 6.07) is 3.61. The van der Waals surface area contributed by atoms with Gasteiger partial charge in [0.2, 0.25) is 5.82 Å². The van der Waals surface area contributed by atoms with E-state index in [4.69, 9.17) is 4.43 Å². The molecule has 1 aliphatic carbocycles. The van der Waals surface area contributed by atoms with Crippen molar-refractivity contribution < 1.29 is 30.8 Å². The van der Waals surface area contributed by atoms with E-state index in [1.807, 2.05) is 0 Å². The summed E-state index contributed by atoms with van der Waals surface area (Å²) in [5, 5.41) is -2.54. The molecule has 2 aromatic rings. The number of fused-ring (bicyclic) bond motifs is 1. The molecule has 1 radical (unpaired) electrons. The van der Waals surface area contributed by atoms with Crippen LogP contribution in [0.2, 0.25) is 43.3 Å². The van der Waals surface area contributed by atoms with E-state index < -0.39 is 67.8 Å². The maximum atomic E-state index is 15.8. The molecule has 2 aromatic carbocycles. The lowest BCUT2D eigenvalue weighted by atomic mass is 10.0. The van der Waals surface area contributed by atoms with Crippen molar-refractivity contribution in [2.45, 2.75) is 127 Å². The predicted molar refractivity (Wildman–Crippen MR) is 152 cm³/mol. The Morgan fingerprint density at radius 3 is 1.90 bits per heavy atom. The standard InChI is InChI=1S/C30H43F6OSi2/c1-5-6-7-8-9-10-14-17-39(19-18-38(2,3)4,21-15-12-11-13-16-21)37-30-28(35)25-24(27(34)29(30)36)22(31)20-23(32)26(25)33/h21H,5-19H2,1-4H3. The van der Waals surface area contributed by atoms with E-state index in [0.29, 0.717) is 12.1 Å². The Kier molecular flexibility index (Phi) is 11.4. The van der Waals surface area contributed by atoms with Gasteiger partial charge in [0, 0.05) is 8.07 Å². The molecule has 0 aromatic heterocycles. The van der Waals surface area contributed by atoms with Crippen molar-refractivity contribution in [3.63, 3.8) is 0 Å². The topological polar surface area (TPSA) is 9.23 Å². The molecule has 9 heteroatoms. The first-order chi connectivity index (χ1) is 18.4. The number of hydrogen-bond acceptors (Lipinski definition) is 1. The summed E-state index contributed by atoms with van der Waals surface area (Å²) in [5.41, 5.74) is 0.127. The molecule has 0 amide bonds. The lowest BCUT2D eigenvalue weighted by Gasteiger charge is -2.42. The monoisotopic (exact) mass is 589 g/mol. The summed E-state index contributed by atoms with van der Waals surface area (Å²) >= 11 is 0. The number of benzene rings is 2. The van der Waals surface area contributed by atoms with Crippen molar-refractivity contribution in [3.8, 4) is 5.75 Å². The molecule has 1 fully saturated rings. The van der Waals surface area contributed by atoms with Crippen LogP contribution >= 0.6 is 0 Å². The first-order valence-corrected chi connectivity index (χ1v) is 20.8. The average Bonchev–Trinajstić information content (AvgIpc) is 2.89. The molecule has 1 saturated carbocycles. The summed E-state index contributed by atoms with van der Waals surface area (Å²) in [7, 11) is -4.56. The van der Waals surface area contributed by atoms with Gasteiger partial charge in [0.05, 0.1) is 16.8 Å². The number of rotatable bonds is 14. The SMILES string of the molecule is CCCCCCCCC[Si](CC[Si](C)(C)C)(Oc1c(F)c(F)c2c(F)[c]c(F)c(F)c2c1F)C1CCCCC1. The van der Waals surface area contributed by atoms with Crippen LogP contribution in [0, 0.1) is 41.0 Å². The third kappa shape index (κ3) is 7.83. The molecular weight excluding hydrogens is 546 g/mol. The zero-order valence-corrected chi connectivity index (χ0v) is 25.9. The third-order valence-corrected chi connectivity index (χ3v) is 15.5. The van der Waals surface area contributed by atoms with Crippen molar-refractivity contribution in [2.75, 3.05) is 0 Å². The largest absolute Gasteiger partial charge is 0.539 e. The van der Waals surface area contributed by atoms with Gasteiger partial charge >= 0.3 is 0 Å². The summed E-state index contributed by atoms with van der Waals surface area (Å²) in [6.07, 6.45) is 12.4. The summed E-state index contributed by atoms with van der Waals surface area (Å²) < 4.78 is 95.7. The van der Waals surface area contributed by atoms with E-state index in [1.165, 1.54) is 18.9 Å². The third-order valence-electron chi connectivity index (χ3n) is 8.29. The van der Waals surface area contributed by atoms with Crippen molar-refractivity contribution in [3.05, 3.63) is 41.0 Å². The normalized spacial score (nSPS) is 16.6. The van der Waals surface area contributed by atoms with Crippen LogP contribution in [-0.4, -0.2) is 16.4 Å². The molecule has 1 atom stereocenters. The van der Waals surface area contributed by atoms with Crippen LogP contribution in [0.3, 0.4) is 0 Å². The molecule has 0 N–H and O–H groups in total. The highest BCUT2D eigenvalue weighted by Crippen LogP contribution is 2.47. The van der Waals surface area contributed by atoms with Gasteiger partial charge in [0.25, 0.3) is 8.32 Å². The second-order valence-electron chi connectivity index (χ2n) is 12.5. The molecular formula is C30H43F6OSi2. The molecule has 39 heavy (non-hydrogen) atoms. The van der Waals surface area contributed by atoms with E-state index in [9.17, 15) is 13.2 Å². The van der Waals surface area contributed by atoms with Crippen molar-refractivity contribution >= 4 is 27.2 Å². The van der Waals surface area contributed by atoms with E-state index in [-0.39, 0.29) is 5.54 Å². The molecule has 0 saturated heterocycles. The minimum atomic E-state index is -2.97. The quantitative estimate of drug-likeness (QED) is 0.0922. The molecule has 0 spiro atoms.